The van der Waals surface area contributed by atoms with Crippen molar-refractivity contribution in [3.8, 4) is 11.4 Å². The number of nitrogens with zero attached hydrogens (tertiary/aromatic N) is 7. The molecule has 10 heteroatoms. The zero-order chi connectivity index (χ0) is 24.0. The number of methoxy groups -OCH3 is 1. The normalized spacial score (nSPS) is 13.6. The maximum Gasteiger partial charge on any atom is 0.276 e. The predicted molar refractivity (Wildman–Crippen MR) is 134 cm³/mol. The van der Waals surface area contributed by atoms with Crippen LogP contribution in [-0.4, -0.2) is 69.1 Å². The van der Waals surface area contributed by atoms with Crippen LogP contribution in [-0.2, 0) is 5.75 Å². The smallest absolute Gasteiger partial charge is 0.276 e. The minimum absolute atomic E-state index is 0.114. The first-order chi connectivity index (χ1) is 17.2. The van der Waals surface area contributed by atoms with Crippen molar-refractivity contribution < 1.29 is 9.53 Å². The second-order valence-corrected chi connectivity index (χ2v) is 8.85. The maximum atomic E-state index is 13.6. The molecule has 2 aromatic carbocycles. The summed E-state index contributed by atoms with van der Waals surface area (Å²) in [5.41, 5.74) is 2.98. The Balaban J connectivity index is 1.36. The van der Waals surface area contributed by atoms with Crippen molar-refractivity contribution in [3.05, 3.63) is 84.4 Å². The number of aromatic nitrogens is 5. The van der Waals surface area contributed by atoms with E-state index in [4.69, 9.17) is 4.74 Å². The van der Waals surface area contributed by atoms with Crippen LogP contribution in [0.5, 0.6) is 5.75 Å². The lowest BCUT2D eigenvalue weighted by Gasteiger charge is -2.36. The van der Waals surface area contributed by atoms with Gasteiger partial charge in [0.05, 0.1) is 24.2 Å². The lowest BCUT2D eigenvalue weighted by atomic mass is 10.2. The Morgan fingerprint density at radius 1 is 0.943 bits per heavy atom. The van der Waals surface area contributed by atoms with Crippen molar-refractivity contribution >= 4 is 23.4 Å². The van der Waals surface area contributed by atoms with Crippen LogP contribution in [0.15, 0.2) is 78.2 Å². The number of piperazine rings is 1. The van der Waals surface area contributed by atoms with Crippen molar-refractivity contribution in [2.45, 2.75) is 10.9 Å². The quantitative estimate of drug-likeness (QED) is 0.290. The fraction of sp³-hybridized carbons (Fsp3) is 0.240. The zero-order valence-corrected chi connectivity index (χ0v) is 20.1. The van der Waals surface area contributed by atoms with Crippen LogP contribution >= 0.6 is 11.8 Å². The molecular formula is C25H25N7O2S. The molecule has 1 aliphatic heterocycles. The number of amides is 1. The molecule has 0 saturated carbocycles. The van der Waals surface area contributed by atoms with Crippen LogP contribution in [0.4, 0.5) is 5.69 Å². The summed E-state index contributed by atoms with van der Waals surface area (Å²) < 4.78 is 7.24. The third kappa shape index (κ3) is 4.97. The summed E-state index contributed by atoms with van der Waals surface area (Å²) in [4.78, 5) is 26.2. The number of hydrogen-bond donors (Lipinski definition) is 0. The Hall–Kier alpha value is -3.92. The molecule has 1 amide bonds. The fourth-order valence-electron chi connectivity index (χ4n) is 4.06. The molecule has 1 saturated heterocycles. The second-order valence-electron chi connectivity index (χ2n) is 7.90. The summed E-state index contributed by atoms with van der Waals surface area (Å²) in [5, 5.41) is 9.29. The molecule has 0 aliphatic carbocycles. The molecule has 0 bridgehead atoms. The van der Waals surface area contributed by atoms with E-state index in [1.165, 1.54) is 11.8 Å². The van der Waals surface area contributed by atoms with Crippen LogP contribution < -0.4 is 9.64 Å². The average Bonchev–Trinajstić information content (AvgIpc) is 3.36. The highest BCUT2D eigenvalue weighted by Gasteiger charge is 2.29. The van der Waals surface area contributed by atoms with Gasteiger partial charge >= 0.3 is 0 Å². The molecule has 0 atom stereocenters. The molecular weight excluding hydrogens is 462 g/mol. The molecule has 4 aromatic rings. The minimum atomic E-state index is -0.114. The van der Waals surface area contributed by atoms with Gasteiger partial charge in [-0.25, -0.2) is 14.6 Å². The van der Waals surface area contributed by atoms with Gasteiger partial charge in [-0.3, -0.25) is 4.79 Å². The lowest BCUT2D eigenvalue weighted by molar-refractivity contribution is 0.0740. The lowest BCUT2D eigenvalue weighted by Crippen LogP contribution is -2.49. The molecule has 0 radical (unpaired) electrons. The van der Waals surface area contributed by atoms with Crippen molar-refractivity contribution in [1.82, 2.24) is 29.9 Å². The number of rotatable bonds is 7. The van der Waals surface area contributed by atoms with Crippen molar-refractivity contribution in [3.63, 3.8) is 0 Å². The monoisotopic (exact) mass is 487 g/mol. The van der Waals surface area contributed by atoms with Gasteiger partial charge in [0, 0.05) is 44.3 Å². The van der Waals surface area contributed by atoms with E-state index >= 15 is 0 Å². The van der Waals surface area contributed by atoms with Crippen LogP contribution in [0.1, 0.15) is 16.2 Å². The largest absolute Gasteiger partial charge is 0.495 e. The van der Waals surface area contributed by atoms with Gasteiger partial charge < -0.3 is 14.5 Å². The van der Waals surface area contributed by atoms with Crippen LogP contribution in [0.25, 0.3) is 5.69 Å². The van der Waals surface area contributed by atoms with E-state index in [0.717, 1.165) is 22.8 Å². The summed E-state index contributed by atoms with van der Waals surface area (Å²) in [7, 11) is 1.68. The Kier molecular flexibility index (Phi) is 6.89. The van der Waals surface area contributed by atoms with Crippen LogP contribution in [0.3, 0.4) is 0 Å². The standard InChI is InChI=1S/C25H25N7O2S/c1-34-22-11-6-5-10-20(22)30-14-16-31(17-15-30)24(33)23-21(18-35-25-26-12-7-13-27-25)32(29-28-23)19-8-3-2-4-9-19/h2-13H,14-18H2,1H3. The first-order valence-corrected chi connectivity index (χ1v) is 12.3. The number of ether oxygens (including phenoxy) is 1. The van der Waals surface area contributed by atoms with Gasteiger partial charge in [0.25, 0.3) is 5.91 Å². The number of carbonyl (C=O) groups excluding carboxylic acids is 1. The Bertz CT molecular complexity index is 1280. The summed E-state index contributed by atoms with van der Waals surface area (Å²) >= 11 is 1.45. The number of hydrogen-bond acceptors (Lipinski definition) is 8. The van der Waals surface area contributed by atoms with E-state index in [2.05, 4.69) is 25.2 Å². The van der Waals surface area contributed by atoms with Crippen LogP contribution in [0.2, 0.25) is 0 Å². The highest BCUT2D eigenvalue weighted by Crippen LogP contribution is 2.29. The zero-order valence-electron chi connectivity index (χ0n) is 19.3. The van der Waals surface area contributed by atoms with Gasteiger partial charge in [-0.15, -0.1) is 5.10 Å². The second kappa shape index (κ2) is 10.6. The number of anilines is 1. The van der Waals surface area contributed by atoms with E-state index in [-0.39, 0.29) is 5.91 Å². The maximum absolute atomic E-state index is 13.6. The average molecular weight is 488 g/mol. The van der Waals surface area contributed by atoms with E-state index in [1.54, 1.807) is 30.3 Å². The summed E-state index contributed by atoms with van der Waals surface area (Å²) in [6, 6.07) is 19.4. The molecule has 35 heavy (non-hydrogen) atoms. The molecule has 1 fully saturated rings. The predicted octanol–water partition coefficient (Wildman–Crippen LogP) is 3.32. The number of benzene rings is 2. The van der Waals surface area contributed by atoms with Crippen molar-refractivity contribution in [1.29, 1.82) is 0 Å². The fourth-order valence-corrected chi connectivity index (χ4v) is 4.85. The molecule has 0 spiro atoms. The van der Waals surface area contributed by atoms with E-state index in [0.29, 0.717) is 42.8 Å². The van der Waals surface area contributed by atoms with Gasteiger partial charge in [0.2, 0.25) is 0 Å². The number of thioether (sulfide) groups is 1. The summed E-state index contributed by atoms with van der Waals surface area (Å²) in [6.45, 7) is 2.59. The Labute approximate surface area is 207 Å². The first-order valence-electron chi connectivity index (χ1n) is 11.3. The highest BCUT2D eigenvalue weighted by atomic mass is 32.2. The molecule has 1 aliphatic rings. The molecule has 2 aromatic heterocycles. The Morgan fingerprint density at radius 3 is 2.40 bits per heavy atom. The van der Waals surface area contributed by atoms with Crippen molar-refractivity contribution in [2.75, 3.05) is 38.2 Å². The summed E-state index contributed by atoms with van der Waals surface area (Å²) in [5.74, 6) is 1.19. The number of carbonyl (C=O) groups is 1. The van der Waals surface area contributed by atoms with Crippen molar-refractivity contribution in [2.24, 2.45) is 0 Å². The molecule has 9 nitrogen and oxygen atoms in total. The first kappa shape index (κ1) is 22.9. The van der Waals surface area contributed by atoms with Gasteiger partial charge in [0.15, 0.2) is 10.9 Å². The summed E-state index contributed by atoms with van der Waals surface area (Å²) in [6.07, 6.45) is 3.41. The van der Waals surface area contributed by atoms with Gasteiger partial charge in [-0.2, -0.15) is 0 Å². The van der Waals surface area contributed by atoms with E-state index < -0.39 is 0 Å². The van der Waals surface area contributed by atoms with Gasteiger partial charge in [-0.05, 0) is 30.3 Å². The third-order valence-corrected chi connectivity index (χ3v) is 6.73. The highest BCUT2D eigenvalue weighted by molar-refractivity contribution is 7.98. The molecule has 5 rings (SSSR count). The Morgan fingerprint density at radius 2 is 1.66 bits per heavy atom. The van der Waals surface area contributed by atoms with Crippen LogP contribution in [0, 0.1) is 0 Å². The molecule has 0 unspecified atom stereocenters. The SMILES string of the molecule is COc1ccccc1N1CCN(C(=O)c2nnn(-c3ccccc3)c2CSc2ncccn2)CC1. The topological polar surface area (TPSA) is 89.3 Å². The number of para-hydroxylation sites is 3. The molecule has 178 valence electrons. The molecule has 3 heterocycles. The molecule has 0 N–H and O–H groups in total. The minimum Gasteiger partial charge on any atom is -0.495 e. The third-order valence-electron chi connectivity index (χ3n) is 5.84. The van der Waals surface area contributed by atoms with Gasteiger partial charge in [-0.1, -0.05) is 47.3 Å². The van der Waals surface area contributed by atoms with E-state index in [1.807, 2.05) is 59.5 Å². The van der Waals surface area contributed by atoms with Gasteiger partial charge in [0.1, 0.15) is 5.75 Å². The van der Waals surface area contributed by atoms with E-state index in [9.17, 15) is 4.79 Å².